The van der Waals surface area contributed by atoms with Gasteiger partial charge in [-0.1, -0.05) is 12.1 Å². The first-order valence-electron chi connectivity index (χ1n) is 10.7. The minimum absolute atomic E-state index is 0.00979. The highest BCUT2D eigenvalue weighted by Gasteiger charge is 2.28. The Hall–Kier alpha value is -2.44. The number of anilines is 1. The molecule has 5 nitrogen and oxygen atoms in total. The molecule has 2 fully saturated rings. The van der Waals surface area contributed by atoms with Crippen LogP contribution in [0.4, 0.5) is 10.1 Å². The van der Waals surface area contributed by atoms with Crippen molar-refractivity contribution >= 4 is 11.6 Å². The van der Waals surface area contributed by atoms with Gasteiger partial charge in [-0.05, 0) is 55.3 Å². The molecule has 0 N–H and O–H groups in total. The van der Waals surface area contributed by atoms with Crippen LogP contribution in [0.2, 0.25) is 0 Å². The molecule has 0 spiro atoms. The Morgan fingerprint density at radius 1 is 1.03 bits per heavy atom. The van der Waals surface area contributed by atoms with Crippen LogP contribution in [0.25, 0.3) is 0 Å². The SMILES string of the molecule is Cc1ccc(N2CCN(CC3CN(C(=O)c4cccc(F)c4)CCO3)CC2)cc1C. The number of ether oxygens (including phenoxy) is 1. The molecule has 2 aliphatic heterocycles. The van der Waals surface area contributed by atoms with E-state index in [0.717, 1.165) is 32.7 Å². The summed E-state index contributed by atoms with van der Waals surface area (Å²) in [6, 6.07) is 12.6. The minimum Gasteiger partial charge on any atom is -0.373 e. The Balaban J connectivity index is 1.29. The van der Waals surface area contributed by atoms with Crippen molar-refractivity contribution in [3.8, 4) is 0 Å². The Kier molecular flexibility index (Phi) is 6.35. The van der Waals surface area contributed by atoms with Crippen molar-refractivity contribution in [1.29, 1.82) is 0 Å². The quantitative estimate of drug-likeness (QED) is 0.775. The Bertz CT molecular complexity index is 896. The van der Waals surface area contributed by atoms with Crippen LogP contribution in [0.3, 0.4) is 0 Å². The zero-order valence-corrected chi connectivity index (χ0v) is 17.8. The summed E-state index contributed by atoms with van der Waals surface area (Å²) in [6.45, 7) is 10.7. The number of carbonyl (C=O) groups is 1. The zero-order chi connectivity index (χ0) is 21.1. The van der Waals surface area contributed by atoms with Gasteiger partial charge < -0.3 is 14.5 Å². The van der Waals surface area contributed by atoms with Crippen molar-refractivity contribution in [3.05, 3.63) is 65.0 Å². The molecule has 2 aliphatic rings. The predicted octanol–water partition coefficient (Wildman–Crippen LogP) is 3.11. The van der Waals surface area contributed by atoms with E-state index in [0.29, 0.717) is 25.3 Å². The Labute approximate surface area is 178 Å². The second-order valence-corrected chi connectivity index (χ2v) is 8.31. The van der Waals surface area contributed by atoms with Gasteiger partial charge in [0.2, 0.25) is 0 Å². The van der Waals surface area contributed by atoms with Gasteiger partial charge in [0.15, 0.2) is 0 Å². The molecule has 2 saturated heterocycles. The van der Waals surface area contributed by atoms with Crippen molar-refractivity contribution < 1.29 is 13.9 Å². The maximum Gasteiger partial charge on any atom is 0.254 e. The first kappa shape index (κ1) is 20.8. The highest BCUT2D eigenvalue weighted by molar-refractivity contribution is 5.94. The van der Waals surface area contributed by atoms with Crippen LogP contribution in [0.1, 0.15) is 21.5 Å². The average Bonchev–Trinajstić information content (AvgIpc) is 2.76. The molecule has 2 heterocycles. The number of rotatable bonds is 4. The fourth-order valence-corrected chi connectivity index (χ4v) is 4.22. The van der Waals surface area contributed by atoms with Gasteiger partial charge >= 0.3 is 0 Å². The molecule has 2 aromatic carbocycles. The van der Waals surface area contributed by atoms with Crippen LogP contribution in [0.15, 0.2) is 42.5 Å². The van der Waals surface area contributed by atoms with Gasteiger partial charge in [-0.15, -0.1) is 0 Å². The van der Waals surface area contributed by atoms with E-state index in [1.807, 2.05) is 0 Å². The van der Waals surface area contributed by atoms with Gasteiger partial charge in [-0.3, -0.25) is 9.69 Å². The molecule has 0 radical (unpaired) electrons. The zero-order valence-electron chi connectivity index (χ0n) is 17.8. The largest absolute Gasteiger partial charge is 0.373 e. The van der Waals surface area contributed by atoms with Crippen LogP contribution in [-0.2, 0) is 4.74 Å². The van der Waals surface area contributed by atoms with Crippen molar-refractivity contribution in [2.45, 2.75) is 20.0 Å². The fourth-order valence-electron chi connectivity index (χ4n) is 4.22. The van der Waals surface area contributed by atoms with Crippen molar-refractivity contribution in [2.24, 2.45) is 0 Å². The normalized spacial score (nSPS) is 20.4. The molecular weight excluding hydrogens is 381 g/mol. The molecule has 1 unspecified atom stereocenters. The lowest BCUT2D eigenvalue weighted by molar-refractivity contribution is -0.0363. The molecular formula is C24H30FN3O2. The number of nitrogens with zero attached hydrogens (tertiary/aromatic N) is 3. The Morgan fingerprint density at radius 3 is 2.57 bits per heavy atom. The number of morpholine rings is 1. The molecule has 0 bridgehead atoms. The number of aryl methyl sites for hydroxylation is 2. The first-order chi connectivity index (χ1) is 14.5. The minimum atomic E-state index is -0.382. The van der Waals surface area contributed by atoms with Crippen LogP contribution >= 0.6 is 0 Å². The Morgan fingerprint density at radius 2 is 1.83 bits per heavy atom. The van der Waals surface area contributed by atoms with E-state index in [2.05, 4.69) is 41.8 Å². The number of hydrogen-bond donors (Lipinski definition) is 0. The highest BCUT2D eigenvalue weighted by atomic mass is 19.1. The second-order valence-electron chi connectivity index (χ2n) is 8.31. The van der Waals surface area contributed by atoms with E-state index in [4.69, 9.17) is 4.74 Å². The number of halogens is 1. The summed E-state index contributed by atoms with van der Waals surface area (Å²) in [5, 5.41) is 0. The van der Waals surface area contributed by atoms with Crippen LogP contribution in [0.5, 0.6) is 0 Å². The van der Waals surface area contributed by atoms with Crippen LogP contribution < -0.4 is 4.90 Å². The number of carbonyl (C=O) groups excluding carboxylic acids is 1. The summed E-state index contributed by atoms with van der Waals surface area (Å²) < 4.78 is 19.4. The molecule has 0 aliphatic carbocycles. The van der Waals surface area contributed by atoms with E-state index in [9.17, 15) is 9.18 Å². The number of benzene rings is 2. The van der Waals surface area contributed by atoms with Crippen LogP contribution in [0, 0.1) is 19.7 Å². The number of amides is 1. The maximum atomic E-state index is 13.5. The number of hydrogen-bond acceptors (Lipinski definition) is 4. The molecule has 160 valence electrons. The first-order valence-corrected chi connectivity index (χ1v) is 10.7. The predicted molar refractivity (Wildman–Crippen MR) is 117 cm³/mol. The summed E-state index contributed by atoms with van der Waals surface area (Å²) in [5.41, 5.74) is 4.34. The lowest BCUT2D eigenvalue weighted by Gasteiger charge is -2.40. The van der Waals surface area contributed by atoms with Crippen molar-refractivity contribution in [3.63, 3.8) is 0 Å². The summed E-state index contributed by atoms with van der Waals surface area (Å²) in [6.07, 6.45) is -0.00979. The highest BCUT2D eigenvalue weighted by Crippen LogP contribution is 2.21. The third-order valence-electron chi connectivity index (χ3n) is 6.19. The standard InChI is InChI=1S/C24H30FN3O2/c1-18-6-7-22(14-19(18)2)27-10-8-26(9-11-27)16-23-17-28(12-13-30-23)24(29)20-4-3-5-21(25)15-20/h3-7,14-15,23H,8-13,16-17H2,1-2H3. The molecule has 1 atom stereocenters. The summed E-state index contributed by atoms with van der Waals surface area (Å²) >= 11 is 0. The lowest BCUT2D eigenvalue weighted by Crippen LogP contribution is -2.53. The molecule has 30 heavy (non-hydrogen) atoms. The fraction of sp³-hybridized carbons (Fsp3) is 0.458. The van der Waals surface area contributed by atoms with Crippen LogP contribution in [-0.4, -0.2) is 74.2 Å². The molecule has 0 aromatic heterocycles. The topological polar surface area (TPSA) is 36.0 Å². The molecule has 1 amide bonds. The van der Waals surface area contributed by atoms with E-state index in [-0.39, 0.29) is 17.8 Å². The maximum absolute atomic E-state index is 13.5. The molecule has 2 aromatic rings. The van der Waals surface area contributed by atoms with Gasteiger partial charge in [-0.2, -0.15) is 0 Å². The van der Waals surface area contributed by atoms with Gasteiger partial charge in [0, 0.05) is 57.1 Å². The van der Waals surface area contributed by atoms with Gasteiger partial charge in [0.25, 0.3) is 5.91 Å². The van der Waals surface area contributed by atoms with Crippen molar-refractivity contribution in [1.82, 2.24) is 9.80 Å². The second kappa shape index (κ2) is 9.14. The van der Waals surface area contributed by atoms with E-state index >= 15 is 0 Å². The summed E-state index contributed by atoms with van der Waals surface area (Å²) in [4.78, 5) is 19.4. The smallest absolute Gasteiger partial charge is 0.254 e. The third-order valence-corrected chi connectivity index (χ3v) is 6.19. The van der Waals surface area contributed by atoms with Gasteiger partial charge in [-0.25, -0.2) is 4.39 Å². The summed E-state index contributed by atoms with van der Waals surface area (Å²) in [7, 11) is 0. The molecule has 4 rings (SSSR count). The average molecular weight is 412 g/mol. The van der Waals surface area contributed by atoms with E-state index in [1.165, 1.54) is 28.9 Å². The monoisotopic (exact) mass is 411 g/mol. The van der Waals surface area contributed by atoms with Gasteiger partial charge in [0.1, 0.15) is 5.82 Å². The van der Waals surface area contributed by atoms with Gasteiger partial charge in [0.05, 0.1) is 12.7 Å². The third kappa shape index (κ3) is 4.82. The summed E-state index contributed by atoms with van der Waals surface area (Å²) in [5.74, 6) is -0.505. The van der Waals surface area contributed by atoms with E-state index < -0.39 is 0 Å². The van der Waals surface area contributed by atoms with Crippen molar-refractivity contribution in [2.75, 3.05) is 57.3 Å². The van der Waals surface area contributed by atoms with E-state index in [1.54, 1.807) is 17.0 Å². The number of piperazine rings is 1. The lowest BCUT2D eigenvalue weighted by atomic mass is 10.1. The molecule has 0 saturated carbocycles. The molecule has 6 heteroatoms.